The molecule has 1 fully saturated rings. The Balaban J connectivity index is 1.43. The lowest BCUT2D eigenvalue weighted by Gasteiger charge is -2.30. The van der Waals surface area contributed by atoms with Gasteiger partial charge in [0.2, 0.25) is 17.7 Å². The molecule has 44 heavy (non-hydrogen) atoms. The fourth-order valence-electron chi connectivity index (χ4n) is 5.45. The lowest BCUT2D eigenvalue weighted by molar-refractivity contribution is -0.137. The molecule has 3 aromatic carbocycles. The quantitative estimate of drug-likeness (QED) is 0.220. The Morgan fingerprint density at radius 2 is 1.64 bits per heavy atom. The van der Waals surface area contributed by atoms with Gasteiger partial charge < -0.3 is 10.1 Å². The van der Waals surface area contributed by atoms with Gasteiger partial charge in [0.1, 0.15) is 23.4 Å². The van der Waals surface area contributed by atoms with Crippen molar-refractivity contribution in [3.63, 3.8) is 0 Å². The number of methoxy groups -OCH3 is 1. The van der Waals surface area contributed by atoms with Crippen molar-refractivity contribution in [2.45, 2.75) is 28.9 Å². The first kappa shape index (κ1) is 29.6. The first-order valence-corrected chi connectivity index (χ1v) is 14.8. The minimum atomic E-state index is -4.83. The Morgan fingerprint density at radius 3 is 2.30 bits per heavy atom. The number of aromatic nitrogens is 1. The van der Waals surface area contributed by atoms with Crippen LogP contribution in [0.25, 0.3) is 0 Å². The Morgan fingerprint density at radius 1 is 0.955 bits per heavy atom. The number of para-hydroxylation sites is 1. The van der Waals surface area contributed by atoms with Crippen molar-refractivity contribution in [3.8, 4) is 5.75 Å². The van der Waals surface area contributed by atoms with Crippen LogP contribution in [-0.2, 0) is 27.1 Å². The summed E-state index contributed by atoms with van der Waals surface area (Å²) in [4.78, 5) is 54.4. The van der Waals surface area contributed by atoms with Gasteiger partial charge in [0.15, 0.2) is 0 Å². The third-order valence-corrected chi connectivity index (χ3v) is 10.0. The van der Waals surface area contributed by atoms with E-state index in [1.54, 1.807) is 24.3 Å². The number of carbonyl (C=O) groups excluding carboxylic acids is 3. The maximum absolute atomic E-state index is 14.0. The molecule has 0 aliphatic carbocycles. The van der Waals surface area contributed by atoms with E-state index in [1.807, 2.05) is 0 Å². The Hall–Kier alpha value is -4.43. The number of halogens is 4. The molecule has 6 rings (SSSR count). The van der Waals surface area contributed by atoms with Gasteiger partial charge in [0, 0.05) is 16.5 Å². The maximum atomic E-state index is 14.0. The second-order valence-corrected chi connectivity index (χ2v) is 12.1. The number of thiazole rings is 1. The number of hydrogen-bond donors (Lipinski definition) is 1. The highest BCUT2D eigenvalue weighted by Gasteiger charge is 2.57. The Labute approximate surface area is 255 Å². The van der Waals surface area contributed by atoms with Crippen molar-refractivity contribution in [1.29, 1.82) is 0 Å². The van der Waals surface area contributed by atoms with Gasteiger partial charge in [0.05, 0.1) is 29.3 Å². The van der Waals surface area contributed by atoms with E-state index in [1.165, 1.54) is 35.9 Å². The van der Waals surface area contributed by atoms with E-state index in [-0.39, 0.29) is 5.03 Å². The number of nitrogens with zero attached hydrogens (tertiary/aromatic N) is 2. The first-order valence-electron chi connectivity index (χ1n) is 13.1. The number of thioether (sulfide) groups is 1. The molecule has 2 aliphatic rings. The van der Waals surface area contributed by atoms with Crippen LogP contribution in [0.4, 0.5) is 28.9 Å². The van der Waals surface area contributed by atoms with E-state index < -0.39 is 69.5 Å². The standard InChI is InChI=1S/C30H21F4N3O5S2/c1-42-18-12-6-15(7-13-18)22-23-24(27(40)37(26(23)39)20-5-3-2-4-19(20)30(32,33)34)43-28-25(22)44-29(41)36(28)14-21(38)35-17-10-8-16(31)9-11-17/h2-13,22-24H,14H2,1H3,(H,35,38)/t22-,23-,24+/m0/s1. The summed E-state index contributed by atoms with van der Waals surface area (Å²) >= 11 is 1.68. The summed E-state index contributed by atoms with van der Waals surface area (Å²) in [6.45, 7) is -0.454. The molecule has 226 valence electrons. The SMILES string of the molecule is COc1ccc([C@@H]2c3sc(=O)n(CC(=O)Nc4ccc(F)cc4)c3S[C@H]3C(=O)N(c4ccccc4C(F)(F)F)C(=O)[C@@H]23)cc1. The summed E-state index contributed by atoms with van der Waals surface area (Å²) in [5, 5.41) is 1.68. The number of fused-ring (bicyclic) bond motifs is 2. The normalized spacial score (nSPS) is 19.5. The van der Waals surface area contributed by atoms with E-state index >= 15 is 0 Å². The van der Waals surface area contributed by atoms with E-state index in [9.17, 15) is 36.7 Å². The van der Waals surface area contributed by atoms with Gasteiger partial charge in [-0.15, -0.1) is 0 Å². The van der Waals surface area contributed by atoms with E-state index in [2.05, 4.69) is 5.32 Å². The molecule has 14 heteroatoms. The summed E-state index contributed by atoms with van der Waals surface area (Å²) in [6, 6.07) is 16.0. The minimum Gasteiger partial charge on any atom is -0.497 e. The highest BCUT2D eigenvalue weighted by Crippen LogP contribution is 2.54. The van der Waals surface area contributed by atoms with Gasteiger partial charge in [-0.1, -0.05) is 47.4 Å². The van der Waals surface area contributed by atoms with Crippen LogP contribution >= 0.6 is 23.1 Å². The molecule has 3 atom stereocenters. The number of rotatable bonds is 6. The molecule has 1 N–H and O–H groups in total. The molecule has 3 amide bonds. The van der Waals surface area contributed by atoms with Crippen LogP contribution in [0.15, 0.2) is 82.6 Å². The number of benzene rings is 3. The second-order valence-electron chi connectivity index (χ2n) is 10.0. The molecule has 1 aromatic heterocycles. The number of nitrogens with one attached hydrogen (secondary N) is 1. The first-order chi connectivity index (χ1) is 21.0. The molecule has 2 aliphatic heterocycles. The third kappa shape index (κ3) is 5.17. The van der Waals surface area contributed by atoms with Gasteiger partial charge in [-0.25, -0.2) is 9.29 Å². The van der Waals surface area contributed by atoms with Crippen LogP contribution in [0.2, 0.25) is 0 Å². The lowest BCUT2D eigenvalue weighted by Crippen LogP contribution is -2.33. The van der Waals surface area contributed by atoms with E-state index in [0.717, 1.165) is 47.4 Å². The predicted molar refractivity (Wildman–Crippen MR) is 156 cm³/mol. The zero-order valence-electron chi connectivity index (χ0n) is 22.6. The topological polar surface area (TPSA) is 97.7 Å². The Kier molecular flexibility index (Phi) is 7.58. The van der Waals surface area contributed by atoms with Crippen LogP contribution in [-0.4, -0.2) is 34.6 Å². The van der Waals surface area contributed by atoms with Gasteiger partial charge in [0.25, 0.3) is 0 Å². The summed E-state index contributed by atoms with van der Waals surface area (Å²) < 4.78 is 61.5. The van der Waals surface area contributed by atoms with Crippen LogP contribution < -0.4 is 19.8 Å². The molecule has 0 unspecified atom stereocenters. The summed E-state index contributed by atoms with van der Waals surface area (Å²) in [5.41, 5.74) is -0.861. The number of ether oxygens (including phenoxy) is 1. The molecule has 0 saturated carbocycles. The summed E-state index contributed by atoms with van der Waals surface area (Å²) in [7, 11) is 1.47. The number of amides is 3. The van der Waals surface area contributed by atoms with E-state index in [4.69, 9.17) is 4.74 Å². The summed E-state index contributed by atoms with van der Waals surface area (Å²) in [6.07, 6.45) is -4.83. The van der Waals surface area contributed by atoms with Gasteiger partial charge in [-0.3, -0.25) is 23.7 Å². The zero-order valence-corrected chi connectivity index (χ0v) is 24.3. The smallest absolute Gasteiger partial charge is 0.418 e. The zero-order chi connectivity index (χ0) is 31.3. The minimum absolute atomic E-state index is 0.267. The van der Waals surface area contributed by atoms with Crippen molar-refractivity contribution in [2.24, 2.45) is 5.92 Å². The molecular weight excluding hydrogens is 622 g/mol. The van der Waals surface area contributed by atoms with Crippen LogP contribution in [0, 0.1) is 11.7 Å². The van der Waals surface area contributed by atoms with Gasteiger partial charge >= 0.3 is 11.0 Å². The fraction of sp³-hybridized carbons (Fsp3) is 0.200. The molecule has 0 radical (unpaired) electrons. The molecule has 0 spiro atoms. The molecule has 3 heterocycles. The molecule has 1 saturated heterocycles. The van der Waals surface area contributed by atoms with Crippen molar-refractivity contribution in [2.75, 3.05) is 17.3 Å². The maximum Gasteiger partial charge on any atom is 0.418 e. The van der Waals surface area contributed by atoms with Crippen molar-refractivity contribution in [1.82, 2.24) is 4.57 Å². The number of hydrogen-bond acceptors (Lipinski definition) is 7. The monoisotopic (exact) mass is 643 g/mol. The average Bonchev–Trinajstić information content (AvgIpc) is 3.44. The van der Waals surface area contributed by atoms with E-state index in [0.29, 0.717) is 26.8 Å². The lowest BCUT2D eigenvalue weighted by atomic mass is 9.83. The average molecular weight is 644 g/mol. The third-order valence-electron chi connectivity index (χ3n) is 7.40. The van der Waals surface area contributed by atoms with Gasteiger partial charge in [-0.2, -0.15) is 13.2 Å². The summed E-state index contributed by atoms with van der Waals surface area (Å²) in [5.74, 6) is -4.27. The predicted octanol–water partition coefficient (Wildman–Crippen LogP) is 5.51. The second kappa shape index (κ2) is 11.2. The largest absolute Gasteiger partial charge is 0.497 e. The number of imide groups is 1. The van der Waals surface area contributed by atoms with Crippen LogP contribution in [0.1, 0.15) is 21.9 Å². The molecule has 0 bridgehead atoms. The highest BCUT2D eigenvalue weighted by atomic mass is 32.2. The van der Waals surface area contributed by atoms with Crippen LogP contribution in [0.3, 0.4) is 0 Å². The number of anilines is 2. The van der Waals surface area contributed by atoms with Gasteiger partial charge in [-0.05, 0) is 54.1 Å². The molecular formula is C30H21F4N3O5S2. The molecule has 4 aromatic rings. The number of carbonyl (C=O) groups is 3. The van der Waals surface area contributed by atoms with Crippen molar-refractivity contribution >= 4 is 52.2 Å². The number of alkyl halides is 3. The molecule has 8 nitrogen and oxygen atoms in total. The van der Waals surface area contributed by atoms with Crippen molar-refractivity contribution in [3.05, 3.63) is 104 Å². The highest BCUT2D eigenvalue weighted by molar-refractivity contribution is 8.00. The van der Waals surface area contributed by atoms with Crippen LogP contribution in [0.5, 0.6) is 5.75 Å². The Bertz CT molecular complexity index is 1840. The fourth-order valence-corrected chi connectivity index (χ4v) is 8.22. The van der Waals surface area contributed by atoms with Crippen molar-refractivity contribution < 1.29 is 36.7 Å².